The summed E-state index contributed by atoms with van der Waals surface area (Å²) in [6.45, 7) is 3.12. The average Bonchev–Trinajstić information content (AvgIpc) is 3.39. The molecular weight excluding hydrogens is 384 g/mol. The van der Waals surface area contributed by atoms with Crippen LogP contribution in [0.25, 0.3) is 0 Å². The molecule has 142 valence electrons. The van der Waals surface area contributed by atoms with Crippen LogP contribution in [-0.4, -0.2) is 65.4 Å². The van der Waals surface area contributed by atoms with Crippen LogP contribution in [0, 0.1) is 0 Å². The number of thiazole rings is 1. The van der Waals surface area contributed by atoms with Gasteiger partial charge in [-0.15, -0.1) is 11.3 Å². The summed E-state index contributed by atoms with van der Waals surface area (Å²) < 4.78 is 0. The van der Waals surface area contributed by atoms with Crippen molar-refractivity contribution in [2.45, 2.75) is 18.9 Å². The molecule has 1 atom stereocenters. The molecule has 2 aliphatic rings. The van der Waals surface area contributed by atoms with Crippen molar-refractivity contribution in [2.75, 3.05) is 37.6 Å². The number of amides is 2. The number of piperazine rings is 1. The highest BCUT2D eigenvalue weighted by molar-refractivity contribution is 7.13. The number of aromatic nitrogens is 1. The number of halogens is 1. The van der Waals surface area contributed by atoms with Gasteiger partial charge >= 0.3 is 0 Å². The first-order valence-corrected chi connectivity index (χ1v) is 10.4. The Kier molecular flexibility index (Phi) is 5.31. The summed E-state index contributed by atoms with van der Waals surface area (Å²) in [5.41, 5.74) is 0.630. The normalized spacial score (nSPS) is 20.2. The summed E-state index contributed by atoms with van der Waals surface area (Å²) in [4.78, 5) is 35.8. The maximum atomic E-state index is 13.0. The predicted octanol–water partition coefficient (Wildman–Crippen LogP) is 2.75. The van der Waals surface area contributed by atoms with E-state index in [1.807, 2.05) is 10.3 Å². The Labute approximate surface area is 167 Å². The van der Waals surface area contributed by atoms with Crippen LogP contribution in [0.5, 0.6) is 0 Å². The molecule has 3 heterocycles. The van der Waals surface area contributed by atoms with E-state index in [0.717, 1.165) is 24.5 Å². The second-order valence-corrected chi connectivity index (χ2v) is 8.10. The number of hydrogen-bond donors (Lipinski definition) is 0. The van der Waals surface area contributed by atoms with Gasteiger partial charge in [-0.2, -0.15) is 0 Å². The Morgan fingerprint density at radius 1 is 1.04 bits per heavy atom. The number of benzene rings is 1. The zero-order valence-electron chi connectivity index (χ0n) is 14.9. The van der Waals surface area contributed by atoms with Crippen molar-refractivity contribution >= 4 is 39.9 Å². The van der Waals surface area contributed by atoms with Gasteiger partial charge in [-0.1, -0.05) is 11.6 Å². The van der Waals surface area contributed by atoms with Crippen molar-refractivity contribution in [3.8, 4) is 0 Å². The quantitative estimate of drug-likeness (QED) is 0.789. The number of carbonyl (C=O) groups excluding carboxylic acids is 2. The maximum absolute atomic E-state index is 13.0. The molecule has 0 radical (unpaired) electrons. The molecule has 0 aliphatic carbocycles. The molecule has 4 rings (SSSR count). The van der Waals surface area contributed by atoms with Crippen LogP contribution >= 0.6 is 22.9 Å². The van der Waals surface area contributed by atoms with Crippen LogP contribution in [0.4, 0.5) is 5.13 Å². The molecule has 0 bridgehead atoms. The SMILES string of the molecule is O=C(c1ccc(Cl)cc1)N1CCN(C(=O)C2CCCN2c2nccs2)CC1. The highest BCUT2D eigenvalue weighted by Crippen LogP contribution is 2.28. The van der Waals surface area contributed by atoms with Crippen LogP contribution < -0.4 is 4.90 Å². The van der Waals surface area contributed by atoms with Crippen molar-refractivity contribution in [3.05, 3.63) is 46.4 Å². The van der Waals surface area contributed by atoms with Gasteiger partial charge in [-0.3, -0.25) is 9.59 Å². The average molecular weight is 405 g/mol. The van der Waals surface area contributed by atoms with Gasteiger partial charge in [-0.05, 0) is 37.1 Å². The van der Waals surface area contributed by atoms with Crippen molar-refractivity contribution in [1.29, 1.82) is 0 Å². The molecule has 2 aromatic rings. The van der Waals surface area contributed by atoms with E-state index in [1.54, 1.807) is 46.7 Å². The van der Waals surface area contributed by atoms with E-state index in [-0.39, 0.29) is 17.9 Å². The van der Waals surface area contributed by atoms with E-state index >= 15 is 0 Å². The van der Waals surface area contributed by atoms with Gasteiger partial charge in [0.05, 0.1) is 0 Å². The summed E-state index contributed by atoms with van der Waals surface area (Å²) in [6.07, 6.45) is 3.65. The van der Waals surface area contributed by atoms with E-state index in [1.165, 1.54) is 0 Å². The number of rotatable bonds is 3. The molecule has 2 amide bonds. The molecule has 0 spiro atoms. The molecule has 1 aromatic heterocycles. The molecule has 2 fully saturated rings. The van der Waals surface area contributed by atoms with Crippen LogP contribution in [0.1, 0.15) is 23.2 Å². The third kappa shape index (κ3) is 3.80. The first-order chi connectivity index (χ1) is 13.1. The fraction of sp³-hybridized carbons (Fsp3) is 0.421. The Bertz CT molecular complexity index is 804. The van der Waals surface area contributed by atoms with E-state index < -0.39 is 0 Å². The van der Waals surface area contributed by atoms with Gasteiger partial charge in [0, 0.05) is 54.9 Å². The highest BCUT2D eigenvalue weighted by Gasteiger charge is 2.36. The van der Waals surface area contributed by atoms with Gasteiger partial charge in [-0.25, -0.2) is 4.98 Å². The van der Waals surface area contributed by atoms with Gasteiger partial charge in [0.1, 0.15) is 6.04 Å². The van der Waals surface area contributed by atoms with Gasteiger partial charge in [0.15, 0.2) is 5.13 Å². The van der Waals surface area contributed by atoms with Crippen molar-refractivity contribution < 1.29 is 9.59 Å². The predicted molar refractivity (Wildman–Crippen MR) is 106 cm³/mol. The minimum absolute atomic E-state index is 0.0101. The summed E-state index contributed by atoms with van der Waals surface area (Å²) in [5, 5.41) is 3.47. The Morgan fingerprint density at radius 3 is 2.41 bits per heavy atom. The number of anilines is 1. The number of carbonyl (C=O) groups is 2. The molecule has 6 nitrogen and oxygen atoms in total. The third-order valence-corrected chi connectivity index (χ3v) is 6.23. The van der Waals surface area contributed by atoms with Crippen molar-refractivity contribution in [3.63, 3.8) is 0 Å². The van der Waals surface area contributed by atoms with Crippen LogP contribution in [0.2, 0.25) is 5.02 Å². The molecule has 1 aromatic carbocycles. The highest BCUT2D eigenvalue weighted by atomic mass is 35.5. The molecule has 0 N–H and O–H groups in total. The lowest BCUT2D eigenvalue weighted by Gasteiger charge is -2.37. The second kappa shape index (κ2) is 7.86. The van der Waals surface area contributed by atoms with Crippen LogP contribution in [-0.2, 0) is 4.79 Å². The van der Waals surface area contributed by atoms with Gasteiger partial charge in [0.25, 0.3) is 5.91 Å². The Balaban J connectivity index is 1.36. The molecule has 1 unspecified atom stereocenters. The van der Waals surface area contributed by atoms with Crippen LogP contribution in [0.3, 0.4) is 0 Å². The zero-order valence-corrected chi connectivity index (χ0v) is 16.5. The molecule has 0 saturated carbocycles. The van der Waals surface area contributed by atoms with E-state index in [9.17, 15) is 9.59 Å². The van der Waals surface area contributed by atoms with E-state index in [4.69, 9.17) is 11.6 Å². The lowest BCUT2D eigenvalue weighted by molar-refractivity contribution is -0.133. The fourth-order valence-electron chi connectivity index (χ4n) is 3.73. The molecule has 2 saturated heterocycles. The summed E-state index contributed by atoms with van der Waals surface area (Å²) in [7, 11) is 0. The molecular formula is C19H21ClN4O2S. The first-order valence-electron chi connectivity index (χ1n) is 9.13. The lowest BCUT2D eigenvalue weighted by Crippen LogP contribution is -2.54. The largest absolute Gasteiger partial charge is 0.337 e. The fourth-order valence-corrected chi connectivity index (χ4v) is 4.57. The Hall–Kier alpha value is -2.12. The lowest BCUT2D eigenvalue weighted by atomic mass is 10.1. The van der Waals surface area contributed by atoms with Gasteiger partial charge in [0.2, 0.25) is 5.91 Å². The van der Waals surface area contributed by atoms with E-state index in [0.29, 0.717) is 36.8 Å². The van der Waals surface area contributed by atoms with Crippen molar-refractivity contribution in [1.82, 2.24) is 14.8 Å². The first kappa shape index (κ1) is 18.3. The minimum Gasteiger partial charge on any atom is -0.337 e. The monoisotopic (exact) mass is 404 g/mol. The topological polar surface area (TPSA) is 56.8 Å². The summed E-state index contributed by atoms with van der Waals surface area (Å²) >= 11 is 7.46. The number of nitrogens with zero attached hydrogens (tertiary/aromatic N) is 4. The van der Waals surface area contributed by atoms with Gasteiger partial charge < -0.3 is 14.7 Å². The maximum Gasteiger partial charge on any atom is 0.253 e. The zero-order chi connectivity index (χ0) is 18.8. The second-order valence-electron chi connectivity index (χ2n) is 6.79. The smallest absolute Gasteiger partial charge is 0.253 e. The van der Waals surface area contributed by atoms with Crippen LogP contribution in [0.15, 0.2) is 35.8 Å². The minimum atomic E-state index is -0.130. The molecule has 27 heavy (non-hydrogen) atoms. The standard InChI is InChI=1S/C19H21ClN4O2S/c20-15-5-3-14(4-6-15)17(25)22-9-11-23(12-10-22)18(26)16-2-1-8-24(16)19-21-7-13-27-19/h3-7,13,16H,1-2,8-12H2. The summed E-state index contributed by atoms with van der Waals surface area (Å²) in [5.74, 6) is 0.144. The van der Waals surface area contributed by atoms with E-state index in [2.05, 4.69) is 9.88 Å². The molecule has 2 aliphatic heterocycles. The third-order valence-electron chi connectivity index (χ3n) is 5.17. The number of hydrogen-bond acceptors (Lipinski definition) is 5. The molecule has 8 heteroatoms. The summed E-state index contributed by atoms with van der Waals surface area (Å²) in [6, 6.07) is 6.80. The van der Waals surface area contributed by atoms with Crippen molar-refractivity contribution in [2.24, 2.45) is 0 Å². The Morgan fingerprint density at radius 2 is 1.74 bits per heavy atom.